The second kappa shape index (κ2) is 6.71. The molecule has 1 heterocycles. The van der Waals surface area contributed by atoms with E-state index in [1.807, 2.05) is 6.07 Å². The second-order valence-electron chi connectivity index (χ2n) is 7.50. The Bertz CT molecular complexity index is 954. The van der Waals surface area contributed by atoms with Crippen LogP contribution >= 0.6 is 0 Å². The zero-order chi connectivity index (χ0) is 18.3. The van der Waals surface area contributed by atoms with Crippen molar-refractivity contribution in [1.29, 1.82) is 0 Å². The minimum atomic E-state index is 0.531. The normalized spacial score (nSPS) is 16.5. The molecule has 136 valence electrons. The Morgan fingerprint density at radius 2 is 1.85 bits per heavy atom. The summed E-state index contributed by atoms with van der Waals surface area (Å²) in [6.07, 6.45) is 4.69. The number of H-pyrrole nitrogens is 1. The first-order chi connectivity index (χ1) is 12.6. The molecular formula is C23H27NO2. The van der Waals surface area contributed by atoms with Gasteiger partial charge < -0.3 is 14.5 Å². The molecule has 3 heteroatoms. The molecule has 2 aromatic carbocycles. The summed E-state index contributed by atoms with van der Waals surface area (Å²) in [6.45, 7) is 4.41. The fourth-order valence-electron chi connectivity index (χ4n) is 4.60. The molecular weight excluding hydrogens is 322 g/mol. The topological polar surface area (TPSA) is 34.2 Å². The maximum Gasteiger partial charge on any atom is 0.160 e. The molecule has 1 unspecified atom stereocenters. The van der Waals surface area contributed by atoms with Gasteiger partial charge >= 0.3 is 0 Å². The smallest absolute Gasteiger partial charge is 0.160 e. The second-order valence-corrected chi connectivity index (χ2v) is 7.50. The molecule has 0 saturated heterocycles. The van der Waals surface area contributed by atoms with Crippen LogP contribution in [0.25, 0.3) is 10.9 Å². The quantitative estimate of drug-likeness (QED) is 0.678. The fourth-order valence-corrected chi connectivity index (χ4v) is 4.60. The van der Waals surface area contributed by atoms with Crippen molar-refractivity contribution >= 4 is 10.9 Å². The van der Waals surface area contributed by atoms with Gasteiger partial charge in [0.2, 0.25) is 0 Å². The lowest BCUT2D eigenvalue weighted by Gasteiger charge is -2.23. The van der Waals surface area contributed by atoms with E-state index in [0.717, 1.165) is 17.9 Å². The van der Waals surface area contributed by atoms with E-state index in [9.17, 15) is 0 Å². The Balaban J connectivity index is 1.71. The van der Waals surface area contributed by atoms with Crippen LogP contribution in [0.1, 0.15) is 46.7 Å². The number of benzene rings is 2. The van der Waals surface area contributed by atoms with E-state index in [0.29, 0.717) is 5.92 Å². The minimum Gasteiger partial charge on any atom is -0.493 e. The summed E-state index contributed by atoms with van der Waals surface area (Å²) in [5.74, 6) is 2.13. The van der Waals surface area contributed by atoms with E-state index in [4.69, 9.17) is 9.47 Å². The van der Waals surface area contributed by atoms with E-state index in [1.54, 1.807) is 14.2 Å². The van der Waals surface area contributed by atoms with E-state index in [2.05, 4.69) is 43.1 Å². The summed E-state index contributed by atoms with van der Waals surface area (Å²) in [5.41, 5.74) is 8.29. The van der Waals surface area contributed by atoms with Crippen LogP contribution in [0.4, 0.5) is 0 Å². The van der Waals surface area contributed by atoms with Gasteiger partial charge in [0.25, 0.3) is 0 Å². The summed E-state index contributed by atoms with van der Waals surface area (Å²) in [4.78, 5) is 3.76. The fraction of sp³-hybridized carbons (Fsp3) is 0.391. The van der Waals surface area contributed by atoms with Gasteiger partial charge in [0, 0.05) is 22.5 Å². The van der Waals surface area contributed by atoms with Gasteiger partial charge in [-0.15, -0.1) is 0 Å². The molecule has 0 amide bonds. The lowest BCUT2D eigenvalue weighted by molar-refractivity contribution is 0.354. The molecule has 1 N–H and O–H groups in total. The highest BCUT2D eigenvalue weighted by Gasteiger charge is 2.25. The van der Waals surface area contributed by atoms with Crippen LogP contribution in [0.3, 0.4) is 0 Å². The van der Waals surface area contributed by atoms with E-state index < -0.39 is 0 Å². The SMILES string of the molecule is COc1ccc(CC2CCCc3c2[nH]c2cc(C)cc(C)c32)cc1OC. The minimum absolute atomic E-state index is 0.531. The largest absolute Gasteiger partial charge is 0.493 e. The number of fused-ring (bicyclic) bond motifs is 3. The summed E-state index contributed by atoms with van der Waals surface area (Å²) < 4.78 is 10.9. The zero-order valence-electron chi connectivity index (χ0n) is 16.1. The lowest BCUT2D eigenvalue weighted by atomic mass is 9.82. The van der Waals surface area contributed by atoms with Crippen LogP contribution < -0.4 is 9.47 Å². The summed E-state index contributed by atoms with van der Waals surface area (Å²) >= 11 is 0. The lowest BCUT2D eigenvalue weighted by Crippen LogP contribution is -2.12. The molecule has 0 saturated carbocycles. The van der Waals surface area contributed by atoms with Crippen molar-refractivity contribution in [1.82, 2.24) is 4.98 Å². The number of methoxy groups -OCH3 is 2. The van der Waals surface area contributed by atoms with E-state index in [-0.39, 0.29) is 0 Å². The molecule has 1 atom stereocenters. The predicted molar refractivity (Wildman–Crippen MR) is 107 cm³/mol. The summed E-state index contributed by atoms with van der Waals surface area (Å²) in [6, 6.07) is 10.9. The molecule has 1 aromatic heterocycles. The van der Waals surface area contributed by atoms with E-state index >= 15 is 0 Å². The first kappa shape index (κ1) is 17.0. The number of rotatable bonds is 4. The third kappa shape index (κ3) is 2.86. The van der Waals surface area contributed by atoms with Gasteiger partial charge in [-0.2, -0.15) is 0 Å². The zero-order valence-corrected chi connectivity index (χ0v) is 16.1. The Morgan fingerprint density at radius 1 is 1.04 bits per heavy atom. The van der Waals surface area contributed by atoms with Gasteiger partial charge in [-0.05, 0) is 80.0 Å². The van der Waals surface area contributed by atoms with E-state index in [1.165, 1.54) is 58.1 Å². The van der Waals surface area contributed by atoms with Crippen LogP contribution in [0.5, 0.6) is 11.5 Å². The van der Waals surface area contributed by atoms with Crippen LogP contribution in [-0.2, 0) is 12.8 Å². The summed E-state index contributed by atoms with van der Waals surface area (Å²) in [7, 11) is 3.38. The molecule has 0 aliphatic heterocycles. The molecule has 0 fully saturated rings. The van der Waals surface area contributed by atoms with Crippen LogP contribution in [-0.4, -0.2) is 19.2 Å². The van der Waals surface area contributed by atoms with Gasteiger partial charge in [-0.3, -0.25) is 0 Å². The molecule has 0 bridgehead atoms. The van der Waals surface area contributed by atoms with Crippen molar-refractivity contribution in [2.75, 3.05) is 14.2 Å². The van der Waals surface area contributed by atoms with Gasteiger partial charge in [0.15, 0.2) is 11.5 Å². The first-order valence-corrected chi connectivity index (χ1v) is 9.43. The van der Waals surface area contributed by atoms with Gasteiger partial charge in [0.1, 0.15) is 0 Å². The number of ether oxygens (including phenoxy) is 2. The predicted octanol–water partition coefficient (Wildman–Crippen LogP) is 5.46. The van der Waals surface area contributed by atoms with Gasteiger partial charge in [-0.1, -0.05) is 12.1 Å². The maximum atomic E-state index is 5.48. The molecule has 4 rings (SSSR count). The van der Waals surface area contributed by atoms with Crippen molar-refractivity contribution in [3.63, 3.8) is 0 Å². The Kier molecular flexibility index (Phi) is 4.39. The molecule has 1 aliphatic carbocycles. The Hall–Kier alpha value is -2.42. The maximum absolute atomic E-state index is 5.48. The number of nitrogens with one attached hydrogen (secondary N) is 1. The van der Waals surface area contributed by atoms with Crippen LogP contribution in [0, 0.1) is 13.8 Å². The van der Waals surface area contributed by atoms with Crippen LogP contribution in [0.15, 0.2) is 30.3 Å². The number of aromatic amines is 1. The molecule has 0 radical (unpaired) electrons. The highest BCUT2D eigenvalue weighted by molar-refractivity contribution is 5.89. The molecule has 0 spiro atoms. The van der Waals surface area contributed by atoms with Crippen molar-refractivity contribution in [3.05, 3.63) is 58.3 Å². The highest BCUT2D eigenvalue weighted by Crippen LogP contribution is 2.40. The van der Waals surface area contributed by atoms with Gasteiger partial charge in [0.05, 0.1) is 14.2 Å². The number of hydrogen-bond acceptors (Lipinski definition) is 2. The highest BCUT2D eigenvalue weighted by atomic mass is 16.5. The third-order valence-corrected chi connectivity index (χ3v) is 5.69. The molecule has 3 nitrogen and oxygen atoms in total. The molecule has 1 aliphatic rings. The van der Waals surface area contributed by atoms with Crippen molar-refractivity contribution in [3.8, 4) is 11.5 Å². The molecule has 3 aromatic rings. The first-order valence-electron chi connectivity index (χ1n) is 9.43. The summed E-state index contributed by atoms with van der Waals surface area (Å²) in [5, 5.41) is 1.45. The average molecular weight is 349 g/mol. The number of aryl methyl sites for hydroxylation is 3. The van der Waals surface area contributed by atoms with Gasteiger partial charge in [-0.25, -0.2) is 0 Å². The van der Waals surface area contributed by atoms with Crippen molar-refractivity contribution < 1.29 is 9.47 Å². The average Bonchev–Trinajstić information content (AvgIpc) is 3.01. The Morgan fingerprint density at radius 3 is 2.62 bits per heavy atom. The van der Waals surface area contributed by atoms with Crippen molar-refractivity contribution in [2.24, 2.45) is 0 Å². The van der Waals surface area contributed by atoms with Crippen LogP contribution in [0.2, 0.25) is 0 Å². The standard InChI is InChI=1S/C23H27NO2/c1-14-10-15(2)22-18-7-5-6-17(23(18)24-19(22)11-14)12-16-8-9-20(25-3)21(13-16)26-4/h8-11,13,17,24H,5-7,12H2,1-4H3. The number of aromatic nitrogens is 1. The monoisotopic (exact) mass is 349 g/mol. The third-order valence-electron chi connectivity index (χ3n) is 5.69. The molecule has 26 heavy (non-hydrogen) atoms. The van der Waals surface area contributed by atoms with Crippen molar-refractivity contribution in [2.45, 2.75) is 45.4 Å². The number of hydrogen-bond donors (Lipinski definition) is 1. The Labute approximate surface area is 155 Å².